The first kappa shape index (κ1) is 31.3. The van der Waals surface area contributed by atoms with E-state index in [0.717, 1.165) is 34.2 Å². The minimum atomic E-state index is -0.639. The molecule has 0 aliphatic carbocycles. The molecule has 6 nitrogen and oxygen atoms in total. The monoisotopic (exact) mass is 567 g/mol. The molecule has 3 aromatic carbocycles. The fourth-order valence-corrected chi connectivity index (χ4v) is 5.29. The minimum absolute atomic E-state index is 0.0667. The van der Waals surface area contributed by atoms with Gasteiger partial charge in [-0.25, -0.2) is 15.0 Å². The molecule has 1 unspecified atom stereocenters. The minimum Gasteiger partial charge on any atom is -0.507 e. The van der Waals surface area contributed by atoms with Gasteiger partial charge >= 0.3 is 0 Å². The number of aliphatic hydroxyl groups excluding tert-OH is 1. The Kier molecular flexibility index (Phi) is 11.2. The Bertz CT molecular complexity index is 1410. The Morgan fingerprint density at radius 3 is 1.74 bits per heavy atom. The van der Waals surface area contributed by atoms with Gasteiger partial charge in [-0.3, -0.25) is 0 Å². The third-order valence-electron chi connectivity index (χ3n) is 7.61. The van der Waals surface area contributed by atoms with Gasteiger partial charge in [-0.05, 0) is 62.9 Å². The Morgan fingerprint density at radius 2 is 1.19 bits per heavy atom. The van der Waals surface area contributed by atoms with Crippen molar-refractivity contribution in [2.75, 3.05) is 13.2 Å². The van der Waals surface area contributed by atoms with Crippen molar-refractivity contribution in [1.82, 2.24) is 15.0 Å². The largest absolute Gasteiger partial charge is 0.507 e. The van der Waals surface area contributed by atoms with E-state index in [1.54, 1.807) is 6.07 Å². The highest BCUT2D eigenvalue weighted by atomic mass is 16.5. The van der Waals surface area contributed by atoms with Gasteiger partial charge in [0.05, 0.1) is 18.3 Å². The number of aliphatic hydroxyl groups is 1. The highest BCUT2D eigenvalue weighted by Crippen LogP contribution is 2.32. The molecule has 0 saturated carbocycles. The quantitative estimate of drug-likeness (QED) is 0.150. The first-order chi connectivity index (χ1) is 20.2. The number of aryl methyl sites for hydroxylation is 4. The van der Waals surface area contributed by atoms with E-state index in [0.29, 0.717) is 36.1 Å². The van der Waals surface area contributed by atoms with Crippen molar-refractivity contribution >= 4 is 0 Å². The molecule has 1 atom stereocenters. The Balaban J connectivity index is 1.54. The highest BCUT2D eigenvalue weighted by molar-refractivity contribution is 5.72. The van der Waals surface area contributed by atoms with Gasteiger partial charge < -0.3 is 14.9 Å². The topological polar surface area (TPSA) is 88.4 Å². The summed E-state index contributed by atoms with van der Waals surface area (Å²) in [5, 5.41) is 21.6. The van der Waals surface area contributed by atoms with Crippen LogP contribution < -0.4 is 0 Å². The Labute approximate surface area is 250 Å². The third-order valence-corrected chi connectivity index (χ3v) is 7.61. The van der Waals surface area contributed by atoms with Crippen LogP contribution in [0.3, 0.4) is 0 Å². The van der Waals surface area contributed by atoms with Crippen LogP contribution in [-0.2, 0) is 11.2 Å². The number of hydrogen-bond donors (Lipinski definition) is 2. The van der Waals surface area contributed by atoms with E-state index in [9.17, 15) is 10.2 Å². The summed E-state index contributed by atoms with van der Waals surface area (Å²) in [6, 6.07) is 17.8. The van der Waals surface area contributed by atoms with Crippen molar-refractivity contribution in [3.63, 3.8) is 0 Å². The predicted octanol–water partition coefficient (Wildman–Crippen LogP) is 8.09. The normalized spacial score (nSPS) is 12.0. The molecule has 0 radical (unpaired) electrons. The maximum Gasteiger partial charge on any atom is 0.167 e. The number of rotatable bonds is 14. The number of ether oxygens (including phenoxy) is 1. The predicted molar refractivity (Wildman–Crippen MR) is 171 cm³/mol. The summed E-state index contributed by atoms with van der Waals surface area (Å²) >= 11 is 0. The van der Waals surface area contributed by atoms with E-state index in [1.165, 1.54) is 43.2 Å². The van der Waals surface area contributed by atoms with E-state index < -0.39 is 6.10 Å². The number of hydrogen-bond acceptors (Lipinski definition) is 6. The number of phenolic OH excluding ortho intramolecular Hbond substituents is 1. The number of aromatic hydroxyl groups is 1. The molecule has 42 heavy (non-hydrogen) atoms. The van der Waals surface area contributed by atoms with E-state index >= 15 is 0 Å². The molecule has 0 saturated heterocycles. The van der Waals surface area contributed by atoms with E-state index in [4.69, 9.17) is 19.7 Å². The van der Waals surface area contributed by atoms with Gasteiger partial charge in [0.2, 0.25) is 0 Å². The fourth-order valence-electron chi connectivity index (χ4n) is 5.29. The zero-order chi connectivity index (χ0) is 30.1. The summed E-state index contributed by atoms with van der Waals surface area (Å²) in [4.78, 5) is 14.5. The summed E-state index contributed by atoms with van der Waals surface area (Å²) in [5.74, 6) is 1.60. The molecule has 2 N–H and O–H groups in total. The number of benzene rings is 3. The number of unbranched alkanes of at least 4 members (excludes halogenated alkanes) is 5. The van der Waals surface area contributed by atoms with Crippen LogP contribution in [0, 0.1) is 27.7 Å². The Morgan fingerprint density at radius 1 is 0.667 bits per heavy atom. The summed E-state index contributed by atoms with van der Waals surface area (Å²) < 4.78 is 5.70. The second-order valence-electron chi connectivity index (χ2n) is 11.5. The van der Waals surface area contributed by atoms with Crippen molar-refractivity contribution in [1.29, 1.82) is 0 Å². The van der Waals surface area contributed by atoms with E-state index in [1.807, 2.05) is 24.3 Å². The van der Waals surface area contributed by atoms with Gasteiger partial charge in [-0.2, -0.15) is 0 Å². The van der Waals surface area contributed by atoms with Crippen LogP contribution in [0.4, 0.5) is 0 Å². The lowest BCUT2D eigenvalue weighted by atomic mass is 10.0. The third kappa shape index (κ3) is 8.46. The molecule has 0 fully saturated rings. The van der Waals surface area contributed by atoms with Crippen molar-refractivity contribution < 1.29 is 14.9 Å². The zero-order valence-corrected chi connectivity index (χ0v) is 25.8. The molecule has 0 amide bonds. The lowest BCUT2D eigenvalue weighted by molar-refractivity contribution is 0.0355. The smallest absolute Gasteiger partial charge is 0.167 e. The standard InChI is InChI=1S/C36H45N3O3/c1-6-7-8-9-10-11-18-42-23-29(40)21-28-14-17-32(33(41)22-28)36-38-34(30-15-12-24(2)19-26(30)4)37-35(39-36)31-16-13-25(3)20-27(31)5/h12-17,19-20,22,29,40-41H,6-11,18,21,23H2,1-5H3. The first-order valence-electron chi connectivity index (χ1n) is 15.2. The highest BCUT2D eigenvalue weighted by Gasteiger charge is 2.18. The molecule has 1 aromatic heterocycles. The van der Waals surface area contributed by atoms with Gasteiger partial charge in [-0.15, -0.1) is 0 Å². The summed E-state index contributed by atoms with van der Waals surface area (Å²) in [6.45, 7) is 11.4. The molecule has 0 aliphatic rings. The van der Waals surface area contributed by atoms with Crippen molar-refractivity contribution in [2.24, 2.45) is 0 Å². The van der Waals surface area contributed by atoms with Crippen LogP contribution in [0.5, 0.6) is 5.75 Å². The zero-order valence-electron chi connectivity index (χ0n) is 25.8. The molecule has 222 valence electrons. The number of phenols is 1. The second-order valence-corrected chi connectivity index (χ2v) is 11.5. The van der Waals surface area contributed by atoms with Gasteiger partial charge in [0.25, 0.3) is 0 Å². The lowest BCUT2D eigenvalue weighted by Gasteiger charge is -2.14. The number of nitrogens with zero attached hydrogens (tertiary/aromatic N) is 3. The average molecular weight is 568 g/mol. The number of aromatic nitrogens is 3. The summed E-state index contributed by atoms with van der Waals surface area (Å²) in [7, 11) is 0. The average Bonchev–Trinajstić information content (AvgIpc) is 2.94. The summed E-state index contributed by atoms with van der Waals surface area (Å²) in [5.41, 5.74) is 7.69. The van der Waals surface area contributed by atoms with Crippen LogP contribution in [0.2, 0.25) is 0 Å². The fraction of sp³-hybridized carbons (Fsp3) is 0.417. The van der Waals surface area contributed by atoms with Crippen LogP contribution in [0.25, 0.3) is 34.2 Å². The molecule has 0 aliphatic heterocycles. The van der Waals surface area contributed by atoms with Crippen molar-refractivity contribution in [3.8, 4) is 39.9 Å². The second kappa shape index (κ2) is 15.0. The van der Waals surface area contributed by atoms with E-state index in [-0.39, 0.29) is 12.4 Å². The molecule has 6 heteroatoms. The molecular formula is C36H45N3O3. The maximum atomic E-state index is 11.1. The molecule has 0 spiro atoms. The van der Waals surface area contributed by atoms with Gasteiger partial charge in [0, 0.05) is 24.2 Å². The van der Waals surface area contributed by atoms with Crippen LogP contribution in [-0.4, -0.2) is 44.5 Å². The SMILES string of the molecule is CCCCCCCCOCC(O)Cc1ccc(-c2nc(-c3ccc(C)cc3C)nc(-c3ccc(C)cc3C)n2)c(O)c1. The first-order valence-corrected chi connectivity index (χ1v) is 15.2. The Hall–Kier alpha value is -3.61. The lowest BCUT2D eigenvalue weighted by Crippen LogP contribution is -2.18. The molecule has 4 rings (SSSR count). The van der Waals surface area contributed by atoms with E-state index in [2.05, 4.69) is 58.9 Å². The summed E-state index contributed by atoms with van der Waals surface area (Å²) in [6.07, 6.45) is 7.00. The molecule has 1 heterocycles. The maximum absolute atomic E-state index is 11.1. The van der Waals surface area contributed by atoms with Crippen molar-refractivity contribution in [3.05, 3.63) is 82.4 Å². The van der Waals surface area contributed by atoms with Crippen LogP contribution in [0.1, 0.15) is 73.3 Å². The van der Waals surface area contributed by atoms with Gasteiger partial charge in [0.1, 0.15) is 5.75 Å². The van der Waals surface area contributed by atoms with Gasteiger partial charge in [0.15, 0.2) is 17.5 Å². The van der Waals surface area contributed by atoms with Gasteiger partial charge in [-0.1, -0.05) is 92.6 Å². The van der Waals surface area contributed by atoms with Crippen LogP contribution >= 0.6 is 0 Å². The molecule has 0 bridgehead atoms. The molecule has 4 aromatic rings. The van der Waals surface area contributed by atoms with Crippen LogP contribution in [0.15, 0.2) is 54.6 Å². The van der Waals surface area contributed by atoms with Crippen molar-refractivity contribution in [2.45, 2.75) is 85.7 Å². The molecular weight excluding hydrogens is 522 g/mol.